The van der Waals surface area contributed by atoms with E-state index in [2.05, 4.69) is 40.2 Å². The van der Waals surface area contributed by atoms with E-state index >= 15 is 0 Å². The monoisotopic (exact) mass is 339 g/mol. The summed E-state index contributed by atoms with van der Waals surface area (Å²) in [5, 5.41) is 7.69. The van der Waals surface area contributed by atoms with Crippen LogP contribution in [-0.2, 0) is 6.42 Å². The molecule has 108 valence electrons. The van der Waals surface area contributed by atoms with Gasteiger partial charge in [0.1, 0.15) is 5.82 Å². The lowest BCUT2D eigenvalue weighted by atomic mass is 10.0. The summed E-state index contributed by atoms with van der Waals surface area (Å²) in [7, 11) is 1.84. The van der Waals surface area contributed by atoms with Crippen molar-refractivity contribution in [1.29, 1.82) is 0 Å². The van der Waals surface area contributed by atoms with Crippen molar-refractivity contribution in [3.05, 3.63) is 52.0 Å². The van der Waals surface area contributed by atoms with E-state index < -0.39 is 0 Å². The number of rotatable bonds is 5. The van der Waals surface area contributed by atoms with Gasteiger partial charge in [-0.1, -0.05) is 22.0 Å². The Kier molecular flexibility index (Phi) is 4.94. The second kappa shape index (κ2) is 6.50. The Bertz CT molecular complexity index is 560. The molecule has 0 bridgehead atoms. The lowest BCUT2D eigenvalue weighted by Gasteiger charge is -2.18. The molecule has 1 aromatic heterocycles. The highest BCUT2D eigenvalue weighted by Crippen LogP contribution is 2.28. The van der Waals surface area contributed by atoms with Crippen LogP contribution in [0.25, 0.3) is 0 Å². The van der Waals surface area contributed by atoms with Gasteiger partial charge in [0.2, 0.25) is 0 Å². The highest BCUT2D eigenvalue weighted by atomic mass is 79.9. The number of likely N-dealkylation sites (N-methyl/N-ethyl adjacent to an activating group) is 1. The number of benzene rings is 1. The van der Waals surface area contributed by atoms with E-state index in [0.717, 1.165) is 10.2 Å². The molecule has 1 heterocycles. The lowest BCUT2D eigenvalue weighted by Crippen LogP contribution is -2.21. The molecule has 0 fully saturated rings. The molecular weight excluding hydrogens is 321 g/mol. The maximum atomic E-state index is 14.0. The minimum Gasteiger partial charge on any atom is -0.313 e. The molecule has 2 rings (SSSR count). The van der Waals surface area contributed by atoms with Gasteiger partial charge in [0, 0.05) is 34.7 Å². The van der Waals surface area contributed by atoms with Gasteiger partial charge in [-0.25, -0.2) is 4.39 Å². The molecular formula is C15H19BrFN3. The SMILES string of the molecule is CNC(Cc1ccn(C(C)C)n1)c1c(F)cccc1Br. The largest absolute Gasteiger partial charge is 0.313 e. The molecule has 0 aliphatic carbocycles. The van der Waals surface area contributed by atoms with Crippen molar-refractivity contribution in [2.75, 3.05) is 7.05 Å². The van der Waals surface area contributed by atoms with Gasteiger partial charge >= 0.3 is 0 Å². The van der Waals surface area contributed by atoms with Gasteiger partial charge in [-0.2, -0.15) is 5.10 Å². The number of nitrogens with one attached hydrogen (secondary N) is 1. The quantitative estimate of drug-likeness (QED) is 0.896. The zero-order valence-corrected chi connectivity index (χ0v) is 13.5. The summed E-state index contributed by atoms with van der Waals surface area (Å²) in [5.41, 5.74) is 1.60. The molecule has 20 heavy (non-hydrogen) atoms. The van der Waals surface area contributed by atoms with Crippen LogP contribution in [0.15, 0.2) is 34.9 Å². The molecule has 0 saturated heterocycles. The fourth-order valence-corrected chi connectivity index (χ4v) is 2.79. The fourth-order valence-electron chi connectivity index (χ4n) is 2.18. The van der Waals surface area contributed by atoms with E-state index in [1.807, 2.05) is 30.1 Å². The van der Waals surface area contributed by atoms with Crippen LogP contribution in [0.4, 0.5) is 4.39 Å². The highest BCUT2D eigenvalue weighted by molar-refractivity contribution is 9.10. The van der Waals surface area contributed by atoms with E-state index in [4.69, 9.17) is 0 Å². The topological polar surface area (TPSA) is 29.9 Å². The summed E-state index contributed by atoms with van der Waals surface area (Å²) in [6, 6.07) is 7.24. The van der Waals surface area contributed by atoms with E-state index in [1.54, 1.807) is 6.07 Å². The second-order valence-electron chi connectivity index (χ2n) is 5.06. The molecule has 1 aromatic carbocycles. The van der Waals surface area contributed by atoms with E-state index in [9.17, 15) is 4.39 Å². The van der Waals surface area contributed by atoms with E-state index in [1.165, 1.54) is 6.07 Å². The molecule has 1 N–H and O–H groups in total. The molecule has 0 aliphatic heterocycles. The molecule has 5 heteroatoms. The summed E-state index contributed by atoms with van der Waals surface area (Å²) >= 11 is 3.42. The van der Waals surface area contributed by atoms with Crippen LogP contribution in [0.3, 0.4) is 0 Å². The summed E-state index contributed by atoms with van der Waals surface area (Å²) in [4.78, 5) is 0. The van der Waals surface area contributed by atoms with E-state index in [0.29, 0.717) is 18.0 Å². The maximum absolute atomic E-state index is 14.0. The Morgan fingerprint density at radius 2 is 2.10 bits per heavy atom. The molecule has 0 saturated carbocycles. The first kappa shape index (κ1) is 15.2. The molecule has 0 spiro atoms. The first-order valence-electron chi connectivity index (χ1n) is 6.68. The van der Waals surface area contributed by atoms with Gasteiger partial charge in [-0.3, -0.25) is 4.68 Å². The Hall–Kier alpha value is -1.20. The predicted molar refractivity (Wildman–Crippen MR) is 82.2 cm³/mol. The standard InChI is InChI=1S/C15H19BrFN3/c1-10(2)20-8-7-11(19-20)9-14(18-3)15-12(16)5-4-6-13(15)17/h4-8,10,14,18H,9H2,1-3H3. The van der Waals surface area contributed by atoms with Crippen LogP contribution in [0.5, 0.6) is 0 Å². The number of halogens is 2. The third-order valence-electron chi connectivity index (χ3n) is 3.30. The molecule has 2 aromatic rings. The van der Waals surface area contributed by atoms with Gasteiger partial charge < -0.3 is 5.32 Å². The summed E-state index contributed by atoms with van der Waals surface area (Å²) in [6.07, 6.45) is 2.61. The summed E-state index contributed by atoms with van der Waals surface area (Å²) in [6.45, 7) is 4.17. The van der Waals surface area contributed by atoms with Crippen molar-refractivity contribution < 1.29 is 4.39 Å². The molecule has 0 amide bonds. The van der Waals surface area contributed by atoms with Crippen molar-refractivity contribution in [3.8, 4) is 0 Å². The first-order chi connectivity index (χ1) is 9.52. The van der Waals surface area contributed by atoms with Crippen LogP contribution < -0.4 is 5.32 Å². The van der Waals surface area contributed by atoms with Gasteiger partial charge in [0.15, 0.2) is 0 Å². The number of aromatic nitrogens is 2. The van der Waals surface area contributed by atoms with Crippen LogP contribution in [0, 0.1) is 5.82 Å². The maximum Gasteiger partial charge on any atom is 0.129 e. The number of hydrogen-bond donors (Lipinski definition) is 1. The molecule has 3 nitrogen and oxygen atoms in total. The zero-order valence-electron chi connectivity index (χ0n) is 11.9. The van der Waals surface area contributed by atoms with Crippen molar-refractivity contribution in [2.24, 2.45) is 0 Å². The van der Waals surface area contributed by atoms with Gasteiger partial charge in [-0.05, 0) is 39.1 Å². The Morgan fingerprint density at radius 1 is 1.35 bits per heavy atom. The lowest BCUT2D eigenvalue weighted by molar-refractivity contribution is 0.503. The summed E-state index contributed by atoms with van der Waals surface area (Å²) < 4.78 is 16.7. The highest BCUT2D eigenvalue weighted by Gasteiger charge is 2.18. The zero-order chi connectivity index (χ0) is 14.7. The van der Waals surface area contributed by atoms with Gasteiger partial charge in [-0.15, -0.1) is 0 Å². The minimum absolute atomic E-state index is 0.110. The normalized spacial score (nSPS) is 12.9. The third-order valence-corrected chi connectivity index (χ3v) is 3.99. The smallest absolute Gasteiger partial charge is 0.129 e. The predicted octanol–water partition coefficient (Wildman–Crippen LogP) is 3.87. The van der Waals surface area contributed by atoms with Crippen LogP contribution in [0.2, 0.25) is 0 Å². The van der Waals surface area contributed by atoms with Crippen molar-refractivity contribution in [3.63, 3.8) is 0 Å². The molecule has 1 atom stereocenters. The number of hydrogen-bond acceptors (Lipinski definition) is 2. The minimum atomic E-state index is -0.206. The Morgan fingerprint density at radius 3 is 2.65 bits per heavy atom. The molecule has 1 unspecified atom stereocenters. The van der Waals surface area contributed by atoms with Crippen molar-refractivity contribution in [1.82, 2.24) is 15.1 Å². The Balaban J connectivity index is 2.24. The van der Waals surface area contributed by atoms with Crippen LogP contribution >= 0.6 is 15.9 Å². The van der Waals surface area contributed by atoms with Crippen molar-refractivity contribution in [2.45, 2.75) is 32.4 Å². The summed E-state index contributed by atoms with van der Waals surface area (Å²) in [5.74, 6) is -0.206. The Labute approximate surface area is 127 Å². The first-order valence-corrected chi connectivity index (χ1v) is 7.47. The van der Waals surface area contributed by atoms with Crippen LogP contribution in [0.1, 0.15) is 37.2 Å². The average molecular weight is 340 g/mol. The second-order valence-corrected chi connectivity index (χ2v) is 5.92. The van der Waals surface area contributed by atoms with Gasteiger partial charge in [0.05, 0.1) is 5.69 Å². The fraction of sp³-hybridized carbons (Fsp3) is 0.400. The average Bonchev–Trinajstić information content (AvgIpc) is 2.86. The molecule has 0 aliphatic rings. The molecule has 0 radical (unpaired) electrons. The van der Waals surface area contributed by atoms with E-state index in [-0.39, 0.29) is 11.9 Å². The van der Waals surface area contributed by atoms with Gasteiger partial charge in [0.25, 0.3) is 0 Å². The third kappa shape index (κ3) is 3.27. The van der Waals surface area contributed by atoms with Crippen molar-refractivity contribution >= 4 is 15.9 Å². The van der Waals surface area contributed by atoms with Crippen LogP contribution in [-0.4, -0.2) is 16.8 Å². The number of nitrogens with zero attached hydrogens (tertiary/aromatic N) is 2.